The first-order valence-corrected chi connectivity index (χ1v) is 4.80. The second-order valence-corrected chi connectivity index (χ2v) is 3.25. The summed E-state index contributed by atoms with van der Waals surface area (Å²) in [6.07, 6.45) is 3.16. The summed E-state index contributed by atoms with van der Waals surface area (Å²) >= 11 is 5.96. The molecule has 4 heteroatoms. The van der Waals surface area contributed by atoms with Crippen molar-refractivity contribution in [1.82, 2.24) is 9.97 Å². The van der Waals surface area contributed by atoms with Crippen LogP contribution in [0.15, 0.2) is 36.7 Å². The van der Waals surface area contributed by atoms with Crippen LogP contribution in [0.1, 0.15) is 0 Å². The van der Waals surface area contributed by atoms with Crippen LogP contribution in [-0.4, -0.2) is 17.1 Å². The molecule has 2 rings (SSSR count). The highest BCUT2D eigenvalue weighted by Gasteiger charge is 2.09. The first-order chi connectivity index (χ1) is 7.33. The summed E-state index contributed by atoms with van der Waals surface area (Å²) in [5.74, 6) is 0.736. The highest BCUT2D eigenvalue weighted by Crippen LogP contribution is 2.31. The van der Waals surface area contributed by atoms with Crippen LogP contribution in [0, 0.1) is 0 Å². The Morgan fingerprint density at radius 1 is 1.13 bits per heavy atom. The first-order valence-electron chi connectivity index (χ1n) is 4.43. The van der Waals surface area contributed by atoms with Gasteiger partial charge in [-0.15, -0.1) is 0 Å². The maximum atomic E-state index is 5.96. The van der Waals surface area contributed by atoms with Crippen molar-refractivity contribution >= 4 is 11.6 Å². The smallest absolute Gasteiger partial charge is 0.155 e. The van der Waals surface area contributed by atoms with Gasteiger partial charge in [0.25, 0.3) is 0 Å². The molecule has 0 aliphatic carbocycles. The molecule has 0 saturated carbocycles. The predicted octanol–water partition coefficient (Wildman–Crippen LogP) is 2.81. The molecule has 0 atom stereocenters. The van der Waals surface area contributed by atoms with Crippen LogP contribution >= 0.6 is 11.6 Å². The minimum absolute atomic E-state index is 0.377. The number of hydrogen-bond donors (Lipinski definition) is 0. The average molecular weight is 221 g/mol. The Morgan fingerprint density at radius 2 is 1.87 bits per heavy atom. The normalized spacial score (nSPS) is 10.0. The number of methoxy groups -OCH3 is 1. The van der Waals surface area contributed by atoms with Gasteiger partial charge in [-0.25, -0.2) is 4.98 Å². The summed E-state index contributed by atoms with van der Waals surface area (Å²) in [7, 11) is 1.61. The van der Waals surface area contributed by atoms with Crippen LogP contribution < -0.4 is 4.74 Å². The number of aromatic nitrogens is 2. The van der Waals surface area contributed by atoms with E-state index in [-0.39, 0.29) is 0 Å². The van der Waals surface area contributed by atoms with E-state index in [1.807, 2.05) is 24.3 Å². The molecule has 0 spiro atoms. The lowest BCUT2D eigenvalue weighted by Gasteiger charge is -2.07. The van der Waals surface area contributed by atoms with E-state index in [0.717, 1.165) is 11.3 Å². The quantitative estimate of drug-likeness (QED) is 0.781. The van der Waals surface area contributed by atoms with Crippen molar-refractivity contribution in [3.63, 3.8) is 0 Å². The van der Waals surface area contributed by atoms with E-state index in [1.54, 1.807) is 19.5 Å². The van der Waals surface area contributed by atoms with Crippen molar-refractivity contribution in [3.8, 4) is 17.0 Å². The van der Waals surface area contributed by atoms with E-state index in [9.17, 15) is 0 Å². The fourth-order valence-electron chi connectivity index (χ4n) is 1.34. The number of ether oxygens (including phenoxy) is 1. The summed E-state index contributed by atoms with van der Waals surface area (Å²) in [4.78, 5) is 8.16. The minimum Gasteiger partial charge on any atom is -0.496 e. The Hall–Kier alpha value is -1.61. The van der Waals surface area contributed by atoms with E-state index < -0.39 is 0 Å². The average Bonchev–Trinajstić information content (AvgIpc) is 2.30. The lowest BCUT2D eigenvalue weighted by Crippen LogP contribution is -1.91. The molecule has 15 heavy (non-hydrogen) atoms. The number of hydrogen-bond acceptors (Lipinski definition) is 3. The minimum atomic E-state index is 0.377. The Morgan fingerprint density at radius 3 is 2.60 bits per heavy atom. The lowest BCUT2D eigenvalue weighted by molar-refractivity contribution is 0.416. The molecule has 1 aromatic carbocycles. The van der Waals surface area contributed by atoms with E-state index in [1.165, 1.54) is 0 Å². The van der Waals surface area contributed by atoms with E-state index in [0.29, 0.717) is 10.8 Å². The largest absolute Gasteiger partial charge is 0.496 e. The molecule has 2 aromatic rings. The van der Waals surface area contributed by atoms with Gasteiger partial charge < -0.3 is 4.74 Å². The number of halogens is 1. The van der Waals surface area contributed by atoms with Gasteiger partial charge >= 0.3 is 0 Å². The highest BCUT2D eigenvalue weighted by atomic mass is 35.5. The van der Waals surface area contributed by atoms with E-state index in [4.69, 9.17) is 16.3 Å². The van der Waals surface area contributed by atoms with Gasteiger partial charge in [0, 0.05) is 18.0 Å². The summed E-state index contributed by atoms with van der Waals surface area (Å²) in [5.41, 5.74) is 1.48. The Balaban J connectivity index is 2.59. The van der Waals surface area contributed by atoms with Gasteiger partial charge in [-0.2, -0.15) is 0 Å². The van der Waals surface area contributed by atoms with Crippen LogP contribution in [0.25, 0.3) is 11.3 Å². The predicted molar refractivity (Wildman–Crippen MR) is 59.0 cm³/mol. The SMILES string of the molecule is COc1ccccc1-c1nccnc1Cl. The van der Waals surface area contributed by atoms with Gasteiger partial charge in [0.2, 0.25) is 0 Å². The molecule has 0 saturated heterocycles. The standard InChI is InChI=1S/C11H9ClN2O/c1-15-9-5-3-2-4-8(9)10-11(12)14-7-6-13-10/h2-7H,1H3. The highest BCUT2D eigenvalue weighted by molar-refractivity contribution is 6.31. The lowest BCUT2D eigenvalue weighted by atomic mass is 10.1. The van der Waals surface area contributed by atoms with Gasteiger partial charge in [-0.3, -0.25) is 4.98 Å². The molecule has 0 N–H and O–H groups in total. The number of benzene rings is 1. The molecule has 76 valence electrons. The van der Waals surface area contributed by atoms with E-state index in [2.05, 4.69) is 9.97 Å². The fraction of sp³-hybridized carbons (Fsp3) is 0.0909. The zero-order chi connectivity index (χ0) is 10.7. The Labute approximate surface area is 92.7 Å². The molecule has 1 aromatic heterocycles. The molecule has 0 fully saturated rings. The fourth-order valence-corrected chi connectivity index (χ4v) is 1.55. The Kier molecular flexibility index (Phi) is 2.83. The van der Waals surface area contributed by atoms with Crippen LogP contribution in [-0.2, 0) is 0 Å². The first kappa shape index (κ1) is 9.93. The second-order valence-electron chi connectivity index (χ2n) is 2.90. The molecule has 0 radical (unpaired) electrons. The van der Waals surface area contributed by atoms with E-state index >= 15 is 0 Å². The number of para-hydroxylation sites is 1. The Bertz CT molecular complexity index is 474. The third-order valence-electron chi connectivity index (χ3n) is 2.02. The molecule has 0 unspecified atom stereocenters. The maximum Gasteiger partial charge on any atom is 0.155 e. The van der Waals surface area contributed by atoms with Gasteiger partial charge in [-0.1, -0.05) is 23.7 Å². The monoisotopic (exact) mass is 220 g/mol. The number of nitrogens with zero attached hydrogens (tertiary/aromatic N) is 2. The number of rotatable bonds is 2. The van der Waals surface area contributed by atoms with Gasteiger partial charge in [-0.05, 0) is 12.1 Å². The zero-order valence-electron chi connectivity index (χ0n) is 8.14. The molecule has 0 bridgehead atoms. The summed E-state index contributed by atoms with van der Waals surface area (Å²) in [6.45, 7) is 0. The van der Waals surface area contributed by atoms with Crippen LogP contribution in [0.2, 0.25) is 5.15 Å². The summed E-state index contributed by atoms with van der Waals surface area (Å²) < 4.78 is 5.23. The molecule has 3 nitrogen and oxygen atoms in total. The summed E-state index contributed by atoms with van der Waals surface area (Å²) in [6, 6.07) is 7.56. The summed E-state index contributed by atoms with van der Waals surface area (Å²) in [5, 5.41) is 0.377. The van der Waals surface area contributed by atoms with Crippen molar-refractivity contribution in [2.45, 2.75) is 0 Å². The molecule has 0 aliphatic rings. The van der Waals surface area contributed by atoms with Crippen molar-refractivity contribution in [3.05, 3.63) is 41.8 Å². The molecular weight excluding hydrogens is 212 g/mol. The second kappa shape index (κ2) is 4.28. The van der Waals surface area contributed by atoms with Crippen LogP contribution in [0.4, 0.5) is 0 Å². The van der Waals surface area contributed by atoms with Gasteiger partial charge in [0.05, 0.1) is 7.11 Å². The molecular formula is C11H9ClN2O. The third kappa shape index (κ3) is 1.92. The van der Waals surface area contributed by atoms with Gasteiger partial charge in [0.15, 0.2) is 5.15 Å². The molecule has 1 heterocycles. The van der Waals surface area contributed by atoms with Gasteiger partial charge in [0.1, 0.15) is 11.4 Å². The topological polar surface area (TPSA) is 35.0 Å². The van der Waals surface area contributed by atoms with Crippen molar-refractivity contribution in [1.29, 1.82) is 0 Å². The van der Waals surface area contributed by atoms with Crippen LogP contribution in [0.5, 0.6) is 5.75 Å². The molecule has 0 amide bonds. The third-order valence-corrected chi connectivity index (χ3v) is 2.29. The van der Waals surface area contributed by atoms with Crippen molar-refractivity contribution in [2.24, 2.45) is 0 Å². The van der Waals surface area contributed by atoms with Crippen LogP contribution in [0.3, 0.4) is 0 Å². The van der Waals surface area contributed by atoms with Crippen molar-refractivity contribution in [2.75, 3.05) is 7.11 Å². The van der Waals surface area contributed by atoms with Crippen molar-refractivity contribution < 1.29 is 4.74 Å². The zero-order valence-corrected chi connectivity index (χ0v) is 8.90. The molecule has 0 aliphatic heterocycles. The maximum absolute atomic E-state index is 5.96.